The Morgan fingerprint density at radius 2 is 2.25 bits per heavy atom. The molecule has 1 fully saturated rings. The molecule has 0 saturated carbocycles. The first-order chi connectivity index (χ1) is 9.70. The fourth-order valence-electron chi connectivity index (χ4n) is 2.31. The summed E-state index contributed by atoms with van der Waals surface area (Å²) in [5.74, 6) is -0.0718. The second kappa shape index (κ2) is 7.21. The molecule has 20 heavy (non-hydrogen) atoms. The van der Waals surface area contributed by atoms with Gasteiger partial charge in [0.25, 0.3) is 5.91 Å². The van der Waals surface area contributed by atoms with Gasteiger partial charge in [-0.2, -0.15) is 0 Å². The average molecular weight is 278 g/mol. The Kier molecular flexibility index (Phi) is 5.31. The summed E-state index contributed by atoms with van der Waals surface area (Å²) in [6, 6.07) is 1.82. The van der Waals surface area contributed by atoms with Gasteiger partial charge in [0.05, 0.1) is 30.7 Å². The highest BCUT2D eigenvalue weighted by atomic mass is 16.5. The van der Waals surface area contributed by atoms with Crippen molar-refractivity contribution in [3.63, 3.8) is 0 Å². The maximum absolute atomic E-state index is 12.3. The van der Waals surface area contributed by atoms with E-state index in [0.717, 1.165) is 38.5 Å². The number of amides is 1. The van der Waals surface area contributed by atoms with Gasteiger partial charge in [0.2, 0.25) is 0 Å². The molecule has 1 amide bonds. The number of nitrogens with zero attached hydrogens (tertiary/aromatic N) is 2. The quantitative estimate of drug-likeness (QED) is 0.824. The molecule has 1 aromatic rings. The highest BCUT2D eigenvalue weighted by Crippen LogP contribution is 2.12. The summed E-state index contributed by atoms with van der Waals surface area (Å²) in [5, 5.41) is 6.01. The van der Waals surface area contributed by atoms with E-state index in [2.05, 4.69) is 20.5 Å². The van der Waals surface area contributed by atoms with Crippen LogP contribution in [0, 0.1) is 0 Å². The van der Waals surface area contributed by atoms with E-state index in [1.54, 1.807) is 25.5 Å². The lowest BCUT2D eigenvalue weighted by atomic mass is 10.2. The molecule has 2 rings (SSSR count). The van der Waals surface area contributed by atoms with Crippen molar-refractivity contribution in [2.24, 2.45) is 0 Å². The summed E-state index contributed by atoms with van der Waals surface area (Å²) < 4.78 is 5.32. The molecule has 6 nitrogen and oxygen atoms in total. The van der Waals surface area contributed by atoms with Gasteiger partial charge in [0.1, 0.15) is 0 Å². The maximum atomic E-state index is 12.3. The van der Waals surface area contributed by atoms with E-state index < -0.39 is 0 Å². The zero-order valence-corrected chi connectivity index (χ0v) is 12.1. The first kappa shape index (κ1) is 14.7. The van der Waals surface area contributed by atoms with Crippen LogP contribution in [0.4, 0.5) is 5.69 Å². The minimum absolute atomic E-state index is 0.0718. The molecule has 6 heteroatoms. The predicted molar refractivity (Wildman–Crippen MR) is 78.0 cm³/mol. The Bertz CT molecular complexity index is 447. The Hall–Kier alpha value is -1.66. The Balaban J connectivity index is 1.89. The van der Waals surface area contributed by atoms with Crippen molar-refractivity contribution in [1.29, 1.82) is 0 Å². The van der Waals surface area contributed by atoms with E-state index in [9.17, 15) is 4.79 Å². The van der Waals surface area contributed by atoms with Crippen LogP contribution in [0.2, 0.25) is 0 Å². The number of rotatable bonds is 5. The molecule has 1 aliphatic rings. The van der Waals surface area contributed by atoms with Crippen LogP contribution in [0.3, 0.4) is 0 Å². The van der Waals surface area contributed by atoms with Gasteiger partial charge in [-0.3, -0.25) is 14.7 Å². The van der Waals surface area contributed by atoms with Crippen molar-refractivity contribution >= 4 is 11.6 Å². The molecular formula is C14H22N4O2. The average Bonchev–Trinajstić information content (AvgIpc) is 2.48. The van der Waals surface area contributed by atoms with Crippen molar-refractivity contribution in [3.8, 4) is 0 Å². The number of carbonyl (C=O) groups is 1. The molecule has 1 aliphatic heterocycles. The van der Waals surface area contributed by atoms with E-state index in [1.807, 2.05) is 6.92 Å². The van der Waals surface area contributed by atoms with E-state index in [4.69, 9.17) is 4.74 Å². The highest BCUT2D eigenvalue weighted by molar-refractivity contribution is 5.99. The minimum atomic E-state index is -0.0718. The van der Waals surface area contributed by atoms with Gasteiger partial charge in [-0.05, 0) is 13.0 Å². The third kappa shape index (κ3) is 3.91. The van der Waals surface area contributed by atoms with Crippen LogP contribution in [-0.2, 0) is 4.74 Å². The SMILES string of the molecule is CNc1cnccc1C(=O)NC(C)CN1CCOCC1. The maximum Gasteiger partial charge on any atom is 0.253 e. The molecule has 0 spiro atoms. The van der Waals surface area contributed by atoms with Gasteiger partial charge in [-0.1, -0.05) is 0 Å². The van der Waals surface area contributed by atoms with Gasteiger partial charge >= 0.3 is 0 Å². The van der Waals surface area contributed by atoms with Crippen LogP contribution in [0.25, 0.3) is 0 Å². The summed E-state index contributed by atoms with van der Waals surface area (Å²) in [5.41, 5.74) is 1.36. The van der Waals surface area contributed by atoms with E-state index in [0.29, 0.717) is 5.56 Å². The number of hydrogen-bond acceptors (Lipinski definition) is 5. The summed E-state index contributed by atoms with van der Waals surface area (Å²) in [6.07, 6.45) is 3.28. The van der Waals surface area contributed by atoms with E-state index >= 15 is 0 Å². The molecule has 1 saturated heterocycles. The van der Waals surface area contributed by atoms with Crippen molar-refractivity contribution in [3.05, 3.63) is 24.0 Å². The fourth-order valence-corrected chi connectivity index (χ4v) is 2.31. The number of aromatic nitrogens is 1. The number of nitrogens with one attached hydrogen (secondary N) is 2. The molecule has 2 N–H and O–H groups in total. The van der Waals surface area contributed by atoms with Gasteiger partial charge in [0, 0.05) is 38.9 Å². The molecular weight excluding hydrogens is 256 g/mol. The molecule has 0 radical (unpaired) electrons. The topological polar surface area (TPSA) is 66.5 Å². The van der Waals surface area contributed by atoms with Crippen LogP contribution in [0.1, 0.15) is 17.3 Å². The lowest BCUT2D eigenvalue weighted by Crippen LogP contribution is -2.46. The number of hydrogen-bond donors (Lipinski definition) is 2. The summed E-state index contributed by atoms with van der Waals surface area (Å²) in [7, 11) is 1.78. The highest BCUT2D eigenvalue weighted by Gasteiger charge is 2.17. The first-order valence-electron chi connectivity index (χ1n) is 6.93. The predicted octanol–water partition coefficient (Wildman–Crippen LogP) is 0.574. The van der Waals surface area contributed by atoms with Crippen LogP contribution in [0.5, 0.6) is 0 Å². The van der Waals surface area contributed by atoms with Crippen LogP contribution in [0.15, 0.2) is 18.5 Å². The molecule has 1 atom stereocenters. The molecule has 1 unspecified atom stereocenters. The molecule has 0 aromatic carbocycles. The zero-order valence-electron chi connectivity index (χ0n) is 12.1. The lowest BCUT2D eigenvalue weighted by Gasteiger charge is -2.29. The first-order valence-corrected chi connectivity index (χ1v) is 6.93. The summed E-state index contributed by atoms with van der Waals surface area (Å²) in [6.45, 7) is 6.26. The van der Waals surface area contributed by atoms with Crippen molar-refractivity contribution in [1.82, 2.24) is 15.2 Å². The monoisotopic (exact) mass is 278 g/mol. The van der Waals surface area contributed by atoms with Crippen molar-refractivity contribution in [2.45, 2.75) is 13.0 Å². The van der Waals surface area contributed by atoms with Gasteiger partial charge < -0.3 is 15.4 Å². The van der Waals surface area contributed by atoms with Gasteiger partial charge in [0.15, 0.2) is 0 Å². The second-order valence-corrected chi connectivity index (χ2v) is 4.96. The van der Waals surface area contributed by atoms with Gasteiger partial charge in [-0.15, -0.1) is 0 Å². The Morgan fingerprint density at radius 1 is 1.50 bits per heavy atom. The van der Waals surface area contributed by atoms with Crippen LogP contribution >= 0.6 is 0 Å². The molecule has 110 valence electrons. The molecule has 1 aromatic heterocycles. The number of morpholine rings is 1. The van der Waals surface area contributed by atoms with Crippen LogP contribution < -0.4 is 10.6 Å². The standard InChI is InChI=1S/C14H22N4O2/c1-11(10-18-5-7-20-8-6-18)17-14(19)12-3-4-16-9-13(12)15-2/h3-4,9,11,15H,5-8,10H2,1-2H3,(H,17,19). The second-order valence-electron chi connectivity index (χ2n) is 4.96. The Morgan fingerprint density at radius 3 is 2.95 bits per heavy atom. The summed E-state index contributed by atoms with van der Waals surface area (Å²) in [4.78, 5) is 18.6. The zero-order chi connectivity index (χ0) is 14.4. The lowest BCUT2D eigenvalue weighted by molar-refractivity contribution is 0.0342. The van der Waals surface area contributed by atoms with Crippen molar-refractivity contribution < 1.29 is 9.53 Å². The smallest absolute Gasteiger partial charge is 0.253 e. The summed E-state index contributed by atoms with van der Waals surface area (Å²) >= 11 is 0. The largest absolute Gasteiger partial charge is 0.386 e. The third-order valence-corrected chi connectivity index (χ3v) is 3.35. The van der Waals surface area contributed by atoms with E-state index in [1.165, 1.54) is 0 Å². The Labute approximate surface area is 119 Å². The normalized spacial score (nSPS) is 17.5. The third-order valence-electron chi connectivity index (χ3n) is 3.35. The van der Waals surface area contributed by atoms with Crippen LogP contribution in [-0.4, -0.2) is 61.7 Å². The van der Waals surface area contributed by atoms with Crippen molar-refractivity contribution in [2.75, 3.05) is 45.2 Å². The number of anilines is 1. The number of pyridine rings is 1. The number of carbonyl (C=O) groups excluding carboxylic acids is 1. The number of ether oxygens (including phenoxy) is 1. The molecule has 0 aliphatic carbocycles. The van der Waals surface area contributed by atoms with E-state index in [-0.39, 0.29) is 11.9 Å². The minimum Gasteiger partial charge on any atom is -0.386 e. The molecule has 2 heterocycles. The van der Waals surface area contributed by atoms with Gasteiger partial charge in [-0.25, -0.2) is 0 Å². The molecule has 0 bridgehead atoms. The fraction of sp³-hybridized carbons (Fsp3) is 0.571.